The molecule has 0 aromatic heterocycles. The maximum Gasteiger partial charge on any atom is 0.242 e. The summed E-state index contributed by atoms with van der Waals surface area (Å²) in [5, 5.41) is 3.67. The first-order valence-electron chi connectivity index (χ1n) is 9.52. The van der Waals surface area contributed by atoms with Crippen LogP contribution in [0.1, 0.15) is 31.4 Å². The molecule has 1 atom stereocenters. The molecule has 1 N–H and O–H groups in total. The molecule has 0 saturated carbocycles. The summed E-state index contributed by atoms with van der Waals surface area (Å²) in [4.78, 5) is 28.1. The van der Waals surface area contributed by atoms with Crippen LogP contribution in [0.25, 0.3) is 0 Å². The number of nitrogens with zero attached hydrogens (tertiary/aromatic N) is 1. The van der Waals surface area contributed by atoms with Crippen LogP contribution in [0.2, 0.25) is 10.0 Å². The molecule has 0 bridgehead atoms. The lowest BCUT2D eigenvalue weighted by atomic mass is 10.1. The van der Waals surface area contributed by atoms with Gasteiger partial charge in [0, 0.05) is 30.2 Å². The lowest BCUT2D eigenvalue weighted by Crippen LogP contribution is -2.47. The van der Waals surface area contributed by atoms with E-state index in [1.54, 1.807) is 35.7 Å². The second-order valence-corrected chi connectivity index (χ2v) is 8.73. The molecule has 0 spiro atoms. The Morgan fingerprint density at radius 2 is 1.79 bits per heavy atom. The zero-order valence-corrected chi connectivity index (χ0v) is 19.2. The van der Waals surface area contributed by atoms with Gasteiger partial charge in [-0.1, -0.05) is 47.0 Å². The summed E-state index contributed by atoms with van der Waals surface area (Å²) in [7, 11) is 0. The number of carbonyl (C=O) groups excluding carboxylic acids is 2. The van der Waals surface area contributed by atoms with Gasteiger partial charge in [-0.15, -0.1) is 11.8 Å². The molecule has 156 valence electrons. The van der Waals surface area contributed by atoms with Crippen molar-refractivity contribution in [3.8, 4) is 0 Å². The average molecular weight is 453 g/mol. The number of carbonyl (C=O) groups is 2. The zero-order valence-electron chi connectivity index (χ0n) is 16.9. The van der Waals surface area contributed by atoms with E-state index in [1.807, 2.05) is 19.9 Å². The Hall–Kier alpha value is -1.69. The summed E-state index contributed by atoms with van der Waals surface area (Å²) in [6, 6.07) is 12.9. The van der Waals surface area contributed by atoms with Gasteiger partial charge >= 0.3 is 0 Å². The maximum atomic E-state index is 13.0. The van der Waals surface area contributed by atoms with Crippen molar-refractivity contribution in [1.29, 1.82) is 0 Å². The van der Waals surface area contributed by atoms with Gasteiger partial charge in [0.25, 0.3) is 0 Å². The molecule has 2 rings (SSSR count). The fraction of sp³-hybridized carbons (Fsp3) is 0.364. The van der Waals surface area contributed by atoms with E-state index < -0.39 is 6.04 Å². The van der Waals surface area contributed by atoms with Crippen LogP contribution < -0.4 is 5.32 Å². The Morgan fingerprint density at radius 1 is 1.10 bits per heavy atom. The number of aryl methyl sites for hydroxylation is 1. The van der Waals surface area contributed by atoms with Gasteiger partial charge in [0.05, 0.1) is 10.0 Å². The molecule has 0 unspecified atom stereocenters. The third-order valence-corrected chi connectivity index (χ3v) is 6.21. The highest BCUT2D eigenvalue weighted by Crippen LogP contribution is 2.24. The van der Waals surface area contributed by atoms with Crippen molar-refractivity contribution in [2.45, 2.75) is 44.7 Å². The normalized spacial score (nSPS) is 11.8. The minimum atomic E-state index is -0.582. The molecule has 0 fully saturated rings. The van der Waals surface area contributed by atoms with Crippen LogP contribution >= 0.6 is 35.0 Å². The number of nitrogens with one attached hydrogen (secondary N) is 1. The van der Waals surface area contributed by atoms with Gasteiger partial charge in [0.1, 0.15) is 6.04 Å². The van der Waals surface area contributed by atoms with E-state index in [0.717, 1.165) is 10.5 Å². The van der Waals surface area contributed by atoms with Crippen molar-refractivity contribution in [1.82, 2.24) is 10.2 Å². The van der Waals surface area contributed by atoms with Gasteiger partial charge in [-0.2, -0.15) is 0 Å². The highest BCUT2D eigenvalue weighted by atomic mass is 35.5. The highest BCUT2D eigenvalue weighted by Gasteiger charge is 2.25. The molecular formula is C22H26Cl2N2O2S. The summed E-state index contributed by atoms with van der Waals surface area (Å²) < 4.78 is 0. The molecule has 0 aliphatic carbocycles. The molecule has 2 aromatic rings. The summed E-state index contributed by atoms with van der Waals surface area (Å²) in [5.41, 5.74) is 2.03. The Labute approximate surface area is 187 Å². The number of likely N-dealkylation sites (N-methyl/N-ethyl adjacent to an activating group) is 1. The molecule has 0 aliphatic heterocycles. The van der Waals surface area contributed by atoms with Gasteiger partial charge in [-0.3, -0.25) is 9.59 Å². The van der Waals surface area contributed by atoms with E-state index >= 15 is 0 Å². The second-order valence-electron chi connectivity index (χ2n) is 6.75. The molecule has 0 heterocycles. The first kappa shape index (κ1) is 23.6. The van der Waals surface area contributed by atoms with Crippen LogP contribution in [0.4, 0.5) is 0 Å². The van der Waals surface area contributed by atoms with E-state index in [-0.39, 0.29) is 11.8 Å². The van der Waals surface area contributed by atoms with Crippen LogP contribution in [0.5, 0.6) is 0 Å². The molecule has 0 aliphatic rings. The molecule has 2 amide bonds. The van der Waals surface area contributed by atoms with Crippen LogP contribution in [0.15, 0.2) is 47.4 Å². The summed E-state index contributed by atoms with van der Waals surface area (Å²) in [6.07, 6.45) is 0.337. The van der Waals surface area contributed by atoms with Crippen LogP contribution in [0.3, 0.4) is 0 Å². The van der Waals surface area contributed by atoms with E-state index in [2.05, 4.69) is 29.6 Å². The minimum Gasteiger partial charge on any atom is -0.355 e. The monoisotopic (exact) mass is 452 g/mol. The molecule has 0 saturated heterocycles. The third kappa shape index (κ3) is 7.25. The first-order valence-corrected chi connectivity index (χ1v) is 11.3. The van der Waals surface area contributed by atoms with Crippen LogP contribution in [-0.4, -0.2) is 35.1 Å². The maximum absolute atomic E-state index is 13.0. The summed E-state index contributed by atoms with van der Waals surface area (Å²) in [6.45, 7) is 6.45. The number of amides is 2. The number of halogens is 2. The Morgan fingerprint density at radius 3 is 2.41 bits per heavy atom. The molecule has 0 radical (unpaired) electrons. The predicted molar refractivity (Wildman–Crippen MR) is 122 cm³/mol. The fourth-order valence-corrected chi connectivity index (χ4v) is 3.94. The topological polar surface area (TPSA) is 49.4 Å². The number of hydrogen-bond acceptors (Lipinski definition) is 3. The number of rotatable bonds is 9. The van der Waals surface area contributed by atoms with Crippen LogP contribution in [-0.2, 0) is 16.1 Å². The van der Waals surface area contributed by atoms with Crippen molar-refractivity contribution >= 4 is 46.8 Å². The van der Waals surface area contributed by atoms with Gasteiger partial charge in [0.15, 0.2) is 0 Å². The van der Waals surface area contributed by atoms with Crippen molar-refractivity contribution in [3.05, 3.63) is 63.6 Å². The van der Waals surface area contributed by atoms with Gasteiger partial charge in [-0.25, -0.2) is 0 Å². The Bertz CT molecular complexity index is 843. The smallest absolute Gasteiger partial charge is 0.242 e. The van der Waals surface area contributed by atoms with Crippen molar-refractivity contribution in [3.63, 3.8) is 0 Å². The van der Waals surface area contributed by atoms with Crippen molar-refractivity contribution < 1.29 is 9.59 Å². The van der Waals surface area contributed by atoms with Crippen molar-refractivity contribution in [2.24, 2.45) is 0 Å². The van der Waals surface area contributed by atoms with Crippen LogP contribution in [0, 0.1) is 6.92 Å². The lowest BCUT2D eigenvalue weighted by molar-refractivity contribution is -0.140. The number of hydrogen-bond donors (Lipinski definition) is 1. The molecule has 29 heavy (non-hydrogen) atoms. The zero-order chi connectivity index (χ0) is 21.4. The number of benzene rings is 2. The van der Waals surface area contributed by atoms with E-state index in [9.17, 15) is 9.59 Å². The van der Waals surface area contributed by atoms with Gasteiger partial charge < -0.3 is 10.2 Å². The molecule has 7 heteroatoms. The fourth-order valence-electron chi connectivity index (χ4n) is 2.77. The van der Waals surface area contributed by atoms with E-state index in [1.165, 1.54) is 5.56 Å². The standard InChI is InChI=1S/C22H26Cl2N2O2S/c1-4-25-22(28)16(3)26(14-17-7-10-19(23)20(24)13-17)21(27)11-12-29-18-8-5-15(2)6-9-18/h5-10,13,16H,4,11-12,14H2,1-3H3,(H,25,28)/t16-/m0/s1. The molecule has 4 nitrogen and oxygen atoms in total. The predicted octanol–water partition coefficient (Wildman–Crippen LogP) is 5.34. The first-order chi connectivity index (χ1) is 13.8. The molecular weight excluding hydrogens is 427 g/mol. The largest absolute Gasteiger partial charge is 0.355 e. The average Bonchev–Trinajstić information content (AvgIpc) is 2.69. The quantitative estimate of drug-likeness (QED) is 0.522. The summed E-state index contributed by atoms with van der Waals surface area (Å²) in [5.74, 6) is 0.392. The third-order valence-electron chi connectivity index (χ3n) is 4.46. The van der Waals surface area contributed by atoms with E-state index in [0.29, 0.717) is 35.3 Å². The van der Waals surface area contributed by atoms with Crippen molar-refractivity contribution in [2.75, 3.05) is 12.3 Å². The Kier molecular flexibility index (Phi) is 9.34. The second kappa shape index (κ2) is 11.5. The highest BCUT2D eigenvalue weighted by molar-refractivity contribution is 7.99. The van der Waals surface area contributed by atoms with Gasteiger partial charge in [0.2, 0.25) is 11.8 Å². The minimum absolute atomic E-state index is 0.0746. The SMILES string of the molecule is CCNC(=O)[C@H](C)N(Cc1ccc(Cl)c(Cl)c1)C(=O)CCSc1ccc(C)cc1. The Balaban J connectivity index is 2.07. The summed E-state index contributed by atoms with van der Waals surface area (Å²) >= 11 is 13.7. The number of thioether (sulfide) groups is 1. The van der Waals surface area contributed by atoms with E-state index in [4.69, 9.17) is 23.2 Å². The molecule has 2 aromatic carbocycles. The lowest BCUT2D eigenvalue weighted by Gasteiger charge is -2.29. The van der Waals surface area contributed by atoms with Gasteiger partial charge in [-0.05, 0) is 50.6 Å².